The largest absolute Gasteiger partial charge is 0.508 e. The first-order valence-corrected chi connectivity index (χ1v) is 17.5. The van der Waals surface area contributed by atoms with Crippen LogP contribution < -0.4 is 15.4 Å². The van der Waals surface area contributed by atoms with Crippen molar-refractivity contribution in [1.82, 2.24) is 19.9 Å². The molecule has 0 spiro atoms. The summed E-state index contributed by atoms with van der Waals surface area (Å²) in [5.74, 6) is -4.65. The molecule has 11 nitrogen and oxygen atoms in total. The third-order valence-corrected chi connectivity index (χ3v) is 10.4. The number of anilines is 1. The van der Waals surface area contributed by atoms with Gasteiger partial charge in [-0.15, -0.1) is 0 Å². The lowest BCUT2D eigenvalue weighted by molar-refractivity contribution is -0.192. The Kier molecular flexibility index (Phi) is 10.3. The molecule has 1 amide bonds. The summed E-state index contributed by atoms with van der Waals surface area (Å²) in [5.41, 5.74) is 5.40. The van der Waals surface area contributed by atoms with Crippen LogP contribution in [0.3, 0.4) is 0 Å². The summed E-state index contributed by atoms with van der Waals surface area (Å²) in [6.45, 7) is 7.93. The molecule has 5 heterocycles. The highest BCUT2D eigenvalue weighted by atomic mass is 19.4. The number of carbonyl (C=O) groups is 2. The predicted molar refractivity (Wildman–Crippen MR) is 187 cm³/mol. The number of pyridine rings is 1. The number of ether oxygens (including phenoxy) is 1. The van der Waals surface area contributed by atoms with E-state index in [4.69, 9.17) is 25.4 Å². The molecule has 3 aliphatic rings. The first-order valence-electron chi connectivity index (χ1n) is 17.5. The lowest BCUT2D eigenvalue weighted by Gasteiger charge is -2.42. The number of hydrogen-bond donors (Lipinski definition) is 3. The quantitative estimate of drug-likeness (QED) is 0.182. The van der Waals surface area contributed by atoms with E-state index in [1.807, 2.05) is 25.7 Å². The zero-order chi connectivity index (χ0) is 39.3. The highest BCUT2D eigenvalue weighted by Gasteiger charge is 2.49. The summed E-state index contributed by atoms with van der Waals surface area (Å²) < 4.78 is 84.4. The van der Waals surface area contributed by atoms with Crippen molar-refractivity contribution in [2.24, 2.45) is 17.1 Å². The minimum Gasteiger partial charge on any atom is -0.508 e. The second-order valence-corrected chi connectivity index (χ2v) is 15.0. The van der Waals surface area contributed by atoms with Crippen LogP contribution in [0.15, 0.2) is 30.5 Å². The number of benzene rings is 2. The Morgan fingerprint density at radius 1 is 1.11 bits per heavy atom. The molecule has 7 rings (SSSR count). The van der Waals surface area contributed by atoms with E-state index in [2.05, 4.69) is 14.9 Å². The van der Waals surface area contributed by atoms with Gasteiger partial charge in [0, 0.05) is 37.8 Å². The number of carboxylic acids is 1. The number of piperidine rings is 1. The van der Waals surface area contributed by atoms with Gasteiger partial charge in [-0.3, -0.25) is 14.7 Å². The molecule has 17 heteroatoms. The topological polar surface area (TPSA) is 155 Å². The van der Waals surface area contributed by atoms with Crippen molar-refractivity contribution in [3.05, 3.63) is 47.7 Å². The van der Waals surface area contributed by atoms with Gasteiger partial charge in [0.15, 0.2) is 5.82 Å². The van der Waals surface area contributed by atoms with Gasteiger partial charge in [0.05, 0.1) is 16.8 Å². The second-order valence-electron chi connectivity index (χ2n) is 15.0. The number of fused-ring (bicyclic) bond motifs is 3. The Morgan fingerprint density at radius 3 is 2.50 bits per heavy atom. The zero-order valence-corrected chi connectivity index (χ0v) is 29.8. The number of alkyl halides is 4. The van der Waals surface area contributed by atoms with Gasteiger partial charge in [0.2, 0.25) is 5.91 Å². The number of primary amides is 1. The van der Waals surface area contributed by atoms with Gasteiger partial charge in [0.25, 0.3) is 0 Å². The number of hydrogen-bond acceptors (Lipinski definition) is 9. The number of nitrogens with two attached hydrogens (primary N) is 1. The summed E-state index contributed by atoms with van der Waals surface area (Å²) in [6.07, 6.45) is -1.59. The highest BCUT2D eigenvalue weighted by molar-refractivity contribution is 6.01. The lowest BCUT2D eigenvalue weighted by Crippen LogP contribution is -2.49. The monoisotopic (exact) mass is 762 g/mol. The number of amides is 1. The van der Waals surface area contributed by atoms with Crippen LogP contribution in [0.1, 0.15) is 52.0 Å². The number of carbonyl (C=O) groups excluding carboxylic acids is 1. The molecule has 4 aromatic rings. The molecule has 0 saturated carbocycles. The molecule has 290 valence electrons. The van der Waals surface area contributed by atoms with Crippen molar-refractivity contribution in [2.45, 2.75) is 70.8 Å². The maximum Gasteiger partial charge on any atom is 0.490 e. The normalized spacial score (nSPS) is 22.6. The Morgan fingerprint density at radius 2 is 1.83 bits per heavy atom. The van der Waals surface area contributed by atoms with Crippen LogP contribution in [0.2, 0.25) is 0 Å². The van der Waals surface area contributed by atoms with E-state index in [-0.39, 0.29) is 47.1 Å². The van der Waals surface area contributed by atoms with Crippen LogP contribution in [0.5, 0.6) is 11.8 Å². The van der Waals surface area contributed by atoms with Crippen molar-refractivity contribution < 1.29 is 50.9 Å². The van der Waals surface area contributed by atoms with Crippen LogP contribution in [0.4, 0.5) is 32.2 Å². The average molecular weight is 763 g/mol. The maximum absolute atomic E-state index is 16.9. The van der Waals surface area contributed by atoms with Crippen LogP contribution in [0.25, 0.3) is 32.9 Å². The number of aromatic nitrogens is 3. The van der Waals surface area contributed by atoms with Gasteiger partial charge in [-0.2, -0.15) is 23.1 Å². The summed E-state index contributed by atoms with van der Waals surface area (Å²) in [4.78, 5) is 39.1. The van der Waals surface area contributed by atoms with Gasteiger partial charge >= 0.3 is 18.2 Å². The number of aryl methyl sites for hydroxylation is 1. The first-order chi connectivity index (χ1) is 25.3. The Hall–Kier alpha value is -4.93. The maximum atomic E-state index is 16.9. The fourth-order valence-electron chi connectivity index (χ4n) is 8.19. The number of aliphatic carboxylic acids is 1. The van der Waals surface area contributed by atoms with E-state index >= 15 is 4.39 Å². The molecule has 1 unspecified atom stereocenters. The van der Waals surface area contributed by atoms with E-state index < -0.39 is 47.3 Å². The standard InChI is InChI=1S/C35H39F3N6O3.C2HF3O2/c1-4-23-26(37)7-6-19-10-22(45)11-24(27(19)23)29-28(38)30-25(14-40-29)32(43-15-20(31(39)46)12-34(2,3)17-43)42-33(41-30)47-18-35-8-5-9-44(35)16-21(36)13-35;3-2(4,5)1(6)7/h6-7,10-11,14,20-21,45H,4-5,8-9,12-13,15-18H2,1-3H3,(H2,39,46);(H,6,7)/t20?,21-,35+;/m1./s1. The van der Waals surface area contributed by atoms with E-state index in [0.717, 1.165) is 19.4 Å². The smallest absolute Gasteiger partial charge is 0.490 e. The van der Waals surface area contributed by atoms with Crippen molar-refractivity contribution in [3.63, 3.8) is 0 Å². The molecule has 2 aromatic heterocycles. The van der Waals surface area contributed by atoms with Crippen molar-refractivity contribution in [3.8, 4) is 23.0 Å². The molecule has 54 heavy (non-hydrogen) atoms. The average Bonchev–Trinajstić information content (AvgIpc) is 3.62. The van der Waals surface area contributed by atoms with Crippen LogP contribution >= 0.6 is 0 Å². The summed E-state index contributed by atoms with van der Waals surface area (Å²) in [5, 5.41) is 19.0. The lowest BCUT2D eigenvalue weighted by atomic mass is 9.78. The number of phenols is 1. The van der Waals surface area contributed by atoms with Crippen molar-refractivity contribution in [2.75, 3.05) is 37.7 Å². The van der Waals surface area contributed by atoms with Gasteiger partial charge in [-0.1, -0.05) is 26.8 Å². The van der Waals surface area contributed by atoms with Crippen LogP contribution in [-0.2, 0) is 16.0 Å². The van der Waals surface area contributed by atoms with Crippen LogP contribution in [-0.4, -0.2) is 92.6 Å². The van der Waals surface area contributed by atoms with Gasteiger partial charge in [0.1, 0.15) is 41.4 Å². The van der Waals surface area contributed by atoms with Gasteiger partial charge < -0.3 is 25.6 Å². The number of rotatable bonds is 7. The minimum absolute atomic E-state index is 0.0736. The van der Waals surface area contributed by atoms with E-state index in [1.165, 1.54) is 24.4 Å². The van der Waals surface area contributed by atoms with Crippen molar-refractivity contribution >= 4 is 39.4 Å². The molecule has 3 atom stereocenters. The molecule has 4 N–H and O–H groups in total. The third kappa shape index (κ3) is 7.54. The molecule has 3 aliphatic heterocycles. The fraction of sp³-hybridized carbons (Fsp3) is 0.486. The SMILES string of the molecule is CCc1c(F)ccc2cc(O)cc(-c3ncc4c(N5CC(C(N)=O)CC(C)(C)C5)nc(OC[C@@]56CCCN5C[C@H](F)C6)nc4c3F)c12.O=C(O)C(F)(F)F. The highest BCUT2D eigenvalue weighted by Crippen LogP contribution is 2.43. The minimum atomic E-state index is -5.08. The molecule has 3 fully saturated rings. The third-order valence-electron chi connectivity index (χ3n) is 10.4. The summed E-state index contributed by atoms with van der Waals surface area (Å²) in [6, 6.07) is 5.68. The molecule has 0 radical (unpaired) electrons. The zero-order valence-electron chi connectivity index (χ0n) is 29.8. The number of halogens is 6. The van der Waals surface area contributed by atoms with Crippen molar-refractivity contribution in [1.29, 1.82) is 0 Å². The Labute approximate surface area is 306 Å². The number of aromatic hydroxyl groups is 1. The summed E-state index contributed by atoms with van der Waals surface area (Å²) in [7, 11) is 0. The molecule has 3 saturated heterocycles. The molecular weight excluding hydrogens is 722 g/mol. The Balaban J connectivity index is 0.000000649. The molecule has 0 aliphatic carbocycles. The van der Waals surface area contributed by atoms with E-state index in [1.54, 1.807) is 6.07 Å². The number of carboxylic acid groups (broad SMARTS) is 1. The van der Waals surface area contributed by atoms with Gasteiger partial charge in [-0.05, 0) is 72.2 Å². The first kappa shape index (κ1) is 38.8. The summed E-state index contributed by atoms with van der Waals surface area (Å²) >= 11 is 0. The number of nitrogens with zero attached hydrogens (tertiary/aromatic N) is 5. The van der Waals surface area contributed by atoms with E-state index in [9.17, 15) is 31.9 Å². The number of phenolic OH excluding ortho intramolecular Hbond substituents is 1. The molecule has 0 bridgehead atoms. The molecule has 2 aromatic carbocycles. The fourth-order valence-corrected chi connectivity index (χ4v) is 8.19. The van der Waals surface area contributed by atoms with E-state index in [0.29, 0.717) is 59.9 Å². The molecular formula is C37H40F6N6O5. The second kappa shape index (κ2) is 14.4. The Bertz CT molecular complexity index is 2120. The van der Waals surface area contributed by atoms with Gasteiger partial charge in [-0.25, -0.2) is 18.0 Å². The van der Waals surface area contributed by atoms with Crippen LogP contribution in [0, 0.1) is 23.0 Å². The predicted octanol–water partition coefficient (Wildman–Crippen LogP) is 6.32.